The van der Waals surface area contributed by atoms with Gasteiger partial charge >= 0.3 is 5.97 Å². The molecule has 0 amide bonds. The maximum atomic E-state index is 11.7. The van der Waals surface area contributed by atoms with Crippen LogP contribution in [0, 0.1) is 0 Å². The second-order valence-electron chi connectivity index (χ2n) is 3.88. The number of fused-ring (bicyclic) bond motifs is 1. The van der Waals surface area contributed by atoms with Gasteiger partial charge in [-0.2, -0.15) is 0 Å². The van der Waals surface area contributed by atoms with Crippen molar-refractivity contribution in [3.05, 3.63) is 29.3 Å². The number of nitrogens with one attached hydrogen (secondary N) is 1. The number of anilines is 1. The molecular weight excluding hydrogens is 218 g/mol. The largest absolute Gasteiger partial charge is 0.460 e. The summed E-state index contributed by atoms with van der Waals surface area (Å²) in [4.78, 5) is 11.7. The molecule has 17 heavy (non-hydrogen) atoms. The van der Waals surface area contributed by atoms with Crippen molar-refractivity contribution in [3.8, 4) is 0 Å². The van der Waals surface area contributed by atoms with Crippen LogP contribution in [0.3, 0.4) is 0 Å². The summed E-state index contributed by atoms with van der Waals surface area (Å²) in [6.45, 7) is 4.26. The number of rotatable bonds is 5. The van der Waals surface area contributed by atoms with E-state index in [2.05, 4.69) is 5.32 Å². The Labute approximate surface area is 101 Å². The van der Waals surface area contributed by atoms with Crippen LogP contribution in [0.1, 0.15) is 22.8 Å². The predicted molar refractivity (Wildman–Crippen MR) is 65.4 cm³/mol. The molecule has 0 saturated carbocycles. The molecule has 1 aromatic rings. The van der Waals surface area contributed by atoms with Crippen LogP contribution in [0.4, 0.5) is 5.69 Å². The number of hydrogen-bond acceptors (Lipinski definition) is 4. The predicted octanol–water partition coefficient (Wildman–Crippen LogP) is 1.85. The third-order valence-corrected chi connectivity index (χ3v) is 2.72. The molecule has 0 aliphatic carbocycles. The second-order valence-corrected chi connectivity index (χ2v) is 3.88. The Kier molecular flexibility index (Phi) is 3.98. The van der Waals surface area contributed by atoms with Crippen LogP contribution in [0.5, 0.6) is 0 Å². The Hall–Kier alpha value is -1.55. The number of carbonyl (C=O) groups excluding carboxylic acids is 1. The van der Waals surface area contributed by atoms with Crippen LogP contribution < -0.4 is 5.32 Å². The quantitative estimate of drug-likeness (QED) is 0.625. The lowest BCUT2D eigenvalue weighted by molar-refractivity contribution is 0.0335. The molecule has 0 bridgehead atoms. The maximum Gasteiger partial charge on any atom is 0.338 e. The summed E-state index contributed by atoms with van der Waals surface area (Å²) < 4.78 is 10.2. The van der Waals surface area contributed by atoms with Gasteiger partial charge in [0.1, 0.15) is 6.61 Å². The Morgan fingerprint density at radius 1 is 1.41 bits per heavy atom. The highest BCUT2D eigenvalue weighted by molar-refractivity contribution is 5.90. The van der Waals surface area contributed by atoms with Crippen molar-refractivity contribution in [2.24, 2.45) is 0 Å². The van der Waals surface area contributed by atoms with E-state index in [-0.39, 0.29) is 5.97 Å². The van der Waals surface area contributed by atoms with E-state index < -0.39 is 0 Å². The minimum atomic E-state index is -0.278. The van der Waals surface area contributed by atoms with Gasteiger partial charge in [-0.15, -0.1) is 0 Å². The molecule has 2 rings (SSSR count). The van der Waals surface area contributed by atoms with Gasteiger partial charge in [0, 0.05) is 18.8 Å². The van der Waals surface area contributed by atoms with Crippen LogP contribution in [-0.4, -0.2) is 32.3 Å². The molecule has 0 spiro atoms. The van der Waals surface area contributed by atoms with E-state index in [9.17, 15) is 4.79 Å². The number of esters is 1. The molecule has 0 saturated heterocycles. The number of ether oxygens (including phenoxy) is 2. The fourth-order valence-corrected chi connectivity index (χ4v) is 1.85. The highest BCUT2D eigenvalue weighted by Gasteiger charge is 2.13. The minimum absolute atomic E-state index is 0.278. The fourth-order valence-electron chi connectivity index (χ4n) is 1.85. The van der Waals surface area contributed by atoms with E-state index in [0.29, 0.717) is 25.4 Å². The van der Waals surface area contributed by atoms with E-state index in [1.807, 2.05) is 19.1 Å². The van der Waals surface area contributed by atoms with Crippen molar-refractivity contribution in [3.63, 3.8) is 0 Å². The third kappa shape index (κ3) is 2.97. The Morgan fingerprint density at radius 3 is 3.12 bits per heavy atom. The monoisotopic (exact) mass is 235 g/mol. The van der Waals surface area contributed by atoms with Gasteiger partial charge in [0.25, 0.3) is 0 Å². The highest BCUT2D eigenvalue weighted by Crippen LogP contribution is 2.23. The summed E-state index contributed by atoms with van der Waals surface area (Å²) in [5.74, 6) is -0.278. The molecule has 0 radical (unpaired) electrons. The molecule has 92 valence electrons. The molecule has 1 aliphatic heterocycles. The first kappa shape index (κ1) is 11.9. The lowest BCUT2D eigenvalue weighted by Gasteiger charge is -2.06. The van der Waals surface area contributed by atoms with E-state index in [1.54, 1.807) is 6.07 Å². The molecule has 4 heteroatoms. The topological polar surface area (TPSA) is 47.6 Å². The van der Waals surface area contributed by atoms with Crippen molar-refractivity contribution in [1.82, 2.24) is 0 Å². The van der Waals surface area contributed by atoms with Crippen molar-refractivity contribution < 1.29 is 14.3 Å². The molecule has 0 atom stereocenters. The average Bonchev–Trinajstić information content (AvgIpc) is 2.81. The lowest BCUT2D eigenvalue weighted by atomic mass is 10.1. The van der Waals surface area contributed by atoms with Gasteiger partial charge in [-0.1, -0.05) is 0 Å². The van der Waals surface area contributed by atoms with E-state index >= 15 is 0 Å². The van der Waals surface area contributed by atoms with E-state index in [0.717, 1.165) is 18.7 Å². The van der Waals surface area contributed by atoms with E-state index in [4.69, 9.17) is 9.47 Å². The Balaban J connectivity index is 1.91. The standard InChI is InChI=1S/C13H17NO3/c1-2-16-7-8-17-13(15)11-3-4-12-10(9-11)5-6-14-12/h3-4,9,14H,2,5-8H2,1H3. The smallest absolute Gasteiger partial charge is 0.338 e. The minimum Gasteiger partial charge on any atom is -0.460 e. The van der Waals surface area contributed by atoms with Gasteiger partial charge in [0.05, 0.1) is 12.2 Å². The summed E-state index contributed by atoms with van der Waals surface area (Å²) in [5.41, 5.74) is 2.92. The maximum absolute atomic E-state index is 11.7. The van der Waals surface area contributed by atoms with E-state index in [1.165, 1.54) is 5.56 Å². The summed E-state index contributed by atoms with van der Waals surface area (Å²) in [5, 5.41) is 3.25. The number of hydrogen-bond donors (Lipinski definition) is 1. The molecule has 0 fully saturated rings. The van der Waals surface area contributed by atoms with Gasteiger partial charge in [0.15, 0.2) is 0 Å². The normalized spacial score (nSPS) is 13.0. The van der Waals surface area contributed by atoms with Crippen molar-refractivity contribution in [1.29, 1.82) is 0 Å². The zero-order chi connectivity index (χ0) is 12.1. The van der Waals surface area contributed by atoms with Crippen molar-refractivity contribution >= 4 is 11.7 Å². The SMILES string of the molecule is CCOCCOC(=O)c1ccc2c(c1)CCN2. The van der Waals surface area contributed by atoms with Crippen LogP contribution in [0.25, 0.3) is 0 Å². The second kappa shape index (κ2) is 5.68. The Morgan fingerprint density at radius 2 is 2.29 bits per heavy atom. The molecule has 0 unspecified atom stereocenters. The molecular formula is C13H17NO3. The van der Waals surface area contributed by atoms with Gasteiger partial charge in [-0.05, 0) is 37.1 Å². The van der Waals surface area contributed by atoms with Crippen LogP contribution >= 0.6 is 0 Å². The summed E-state index contributed by atoms with van der Waals surface area (Å²) in [6.07, 6.45) is 0.968. The molecule has 1 N–H and O–H groups in total. The summed E-state index contributed by atoms with van der Waals surface area (Å²) in [6, 6.07) is 5.62. The summed E-state index contributed by atoms with van der Waals surface area (Å²) >= 11 is 0. The lowest BCUT2D eigenvalue weighted by Crippen LogP contribution is -2.11. The third-order valence-electron chi connectivity index (χ3n) is 2.72. The zero-order valence-electron chi connectivity index (χ0n) is 9.99. The van der Waals surface area contributed by atoms with Crippen LogP contribution in [-0.2, 0) is 15.9 Å². The van der Waals surface area contributed by atoms with Crippen molar-refractivity contribution in [2.45, 2.75) is 13.3 Å². The first-order chi connectivity index (χ1) is 8.31. The molecule has 4 nitrogen and oxygen atoms in total. The van der Waals surface area contributed by atoms with Crippen LogP contribution in [0.2, 0.25) is 0 Å². The van der Waals surface area contributed by atoms with Gasteiger partial charge < -0.3 is 14.8 Å². The van der Waals surface area contributed by atoms with Gasteiger partial charge in [-0.25, -0.2) is 4.79 Å². The molecule has 0 aromatic heterocycles. The molecule has 1 heterocycles. The van der Waals surface area contributed by atoms with Gasteiger partial charge in [-0.3, -0.25) is 0 Å². The number of benzene rings is 1. The number of carbonyl (C=O) groups is 1. The first-order valence-corrected chi connectivity index (χ1v) is 5.93. The zero-order valence-corrected chi connectivity index (χ0v) is 9.99. The van der Waals surface area contributed by atoms with Gasteiger partial charge in [0.2, 0.25) is 0 Å². The Bertz CT molecular complexity index is 404. The summed E-state index contributed by atoms with van der Waals surface area (Å²) in [7, 11) is 0. The highest BCUT2D eigenvalue weighted by atomic mass is 16.6. The fraction of sp³-hybridized carbons (Fsp3) is 0.462. The first-order valence-electron chi connectivity index (χ1n) is 5.93. The molecule has 1 aliphatic rings. The van der Waals surface area contributed by atoms with Crippen LogP contribution in [0.15, 0.2) is 18.2 Å². The average molecular weight is 235 g/mol. The molecule has 1 aromatic carbocycles. The van der Waals surface area contributed by atoms with Crippen molar-refractivity contribution in [2.75, 3.05) is 31.7 Å².